The summed E-state index contributed by atoms with van der Waals surface area (Å²) in [5.74, 6) is 1.30. The van der Waals surface area contributed by atoms with Crippen molar-refractivity contribution in [1.29, 1.82) is 0 Å². The molecule has 1 fully saturated rings. The topological polar surface area (TPSA) is 77.7 Å². The van der Waals surface area contributed by atoms with Crippen molar-refractivity contribution in [1.82, 2.24) is 4.98 Å². The van der Waals surface area contributed by atoms with Crippen molar-refractivity contribution < 1.29 is 14.3 Å². The van der Waals surface area contributed by atoms with Gasteiger partial charge in [-0.15, -0.1) is 0 Å². The van der Waals surface area contributed by atoms with Crippen LogP contribution in [0.1, 0.15) is 29.6 Å². The van der Waals surface area contributed by atoms with Crippen LogP contribution in [0.5, 0.6) is 11.6 Å². The van der Waals surface area contributed by atoms with E-state index in [1.54, 1.807) is 24.4 Å². The number of nitrogens with zero attached hydrogens (tertiary/aromatic N) is 2. The van der Waals surface area contributed by atoms with Crippen molar-refractivity contribution in [3.63, 3.8) is 0 Å². The Labute approximate surface area is 174 Å². The number of hydrogen-bond donors (Lipinski definition) is 1. The summed E-state index contributed by atoms with van der Waals surface area (Å²) in [6.45, 7) is 1.35. The molecule has 1 aliphatic heterocycles. The van der Waals surface area contributed by atoms with E-state index in [0.29, 0.717) is 28.8 Å². The molecular weight excluding hydrogens is 390 g/mol. The first-order valence-electron chi connectivity index (χ1n) is 9.60. The van der Waals surface area contributed by atoms with Crippen LogP contribution in [0.15, 0.2) is 60.5 Å². The molecule has 1 aromatic carbocycles. The zero-order valence-electron chi connectivity index (χ0n) is 15.9. The van der Waals surface area contributed by atoms with E-state index in [2.05, 4.69) is 16.0 Å². The van der Waals surface area contributed by atoms with Crippen molar-refractivity contribution in [3.05, 3.63) is 71.1 Å². The molecule has 150 valence electrons. The molecule has 7 heteroatoms. The molecule has 1 aliphatic carbocycles. The van der Waals surface area contributed by atoms with Crippen LogP contribution in [0.2, 0.25) is 5.02 Å². The van der Waals surface area contributed by atoms with Gasteiger partial charge in [-0.1, -0.05) is 17.7 Å². The third-order valence-electron chi connectivity index (χ3n) is 4.92. The fraction of sp³-hybridized carbons (Fsp3) is 0.273. The van der Waals surface area contributed by atoms with Gasteiger partial charge in [0, 0.05) is 24.8 Å². The fourth-order valence-corrected chi connectivity index (χ4v) is 3.68. The van der Waals surface area contributed by atoms with Crippen LogP contribution < -0.4 is 20.1 Å². The van der Waals surface area contributed by atoms with E-state index in [0.717, 1.165) is 37.3 Å². The second-order valence-electron chi connectivity index (χ2n) is 7.00. The number of aromatic nitrogens is 1. The standard InChI is InChI=1S/C22H22ClN3O3/c23-19-7-4-11-25-22(19)29-17-10-12-26(14-17)20-9-8-16(13-18(20)21(24)27)28-15-5-2-1-3-6-15/h2,4-9,11,13,17H,1,3,10,12,14H2,(H2,24,27)/t17-/m0/s1. The van der Waals surface area contributed by atoms with Crippen molar-refractivity contribution in [2.75, 3.05) is 18.0 Å². The van der Waals surface area contributed by atoms with Gasteiger partial charge < -0.3 is 20.1 Å². The maximum atomic E-state index is 12.1. The molecule has 0 saturated carbocycles. The molecule has 2 aliphatic rings. The zero-order valence-corrected chi connectivity index (χ0v) is 16.6. The Morgan fingerprint density at radius 3 is 2.93 bits per heavy atom. The van der Waals surface area contributed by atoms with Crippen LogP contribution in [0, 0.1) is 0 Å². The highest BCUT2D eigenvalue weighted by atomic mass is 35.5. The van der Waals surface area contributed by atoms with Crippen LogP contribution >= 0.6 is 11.6 Å². The maximum absolute atomic E-state index is 12.1. The summed E-state index contributed by atoms with van der Waals surface area (Å²) in [4.78, 5) is 18.4. The molecule has 0 unspecified atom stereocenters. The van der Waals surface area contributed by atoms with Gasteiger partial charge in [0.25, 0.3) is 5.91 Å². The summed E-state index contributed by atoms with van der Waals surface area (Å²) < 4.78 is 11.8. The van der Waals surface area contributed by atoms with Gasteiger partial charge in [-0.05, 0) is 55.3 Å². The first-order chi connectivity index (χ1) is 14.1. The Morgan fingerprint density at radius 2 is 2.17 bits per heavy atom. The monoisotopic (exact) mass is 411 g/mol. The van der Waals surface area contributed by atoms with Crippen LogP contribution in [0.4, 0.5) is 5.69 Å². The Kier molecular flexibility index (Phi) is 5.71. The number of halogens is 1. The Morgan fingerprint density at radius 1 is 1.28 bits per heavy atom. The number of hydrogen-bond acceptors (Lipinski definition) is 5. The van der Waals surface area contributed by atoms with E-state index in [4.69, 9.17) is 26.8 Å². The normalized spacial score (nSPS) is 18.4. The molecule has 0 spiro atoms. The lowest BCUT2D eigenvalue weighted by atomic mass is 10.1. The summed E-state index contributed by atoms with van der Waals surface area (Å²) >= 11 is 6.13. The average Bonchev–Trinajstić information content (AvgIpc) is 3.19. The predicted octanol–water partition coefficient (Wildman–Crippen LogP) is 4.10. The van der Waals surface area contributed by atoms with Gasteiger partial charge in [-0.3, -0.25) is 4.79 Å². The number of rotatable bonds is 6. The predicted molar refractivity (Wildman–Crippen MR) is 113 cm³/mol. The minimum absolute atomic E-state index is 0.0726. The summed E-state index contributed by atoms with van der Waals surface area (Å²) in [7, 11) is 0. The number of nitrogens with two attached hydrogens (primary N) is 1. The van der Waals surface area contributed by atoms with Crippen LogP contribution in [0.25, 0.3) is 0 Å². The number of primary amides is 1. The molecule has 1 amide bonds. The molecular formula is C22H22ClN3O3. The van der Waals surface area contributed by atoms with Crippen molar-refractivity contribution in [2.24, 2.45) is 5.73 Å². The number of allylic oxidation sites excluding steroid dienone is 3. The number of carbonyl (C=O) groups is 1. The lowest BCUT2D eigenvalue weighted by Crippen LogP contribution is -2.27. The molecule has 6 nitrogen and oxygen atoms in total. The van der Waals surface area contributed by atoms with Crippen LogP contribution in [-0.2, 0) is 0 Å². The van der Waals surface area contributed by atoms with E-state index in [1.165, 1.54) is 0 Å². The minimum Gasteiger partial charge on any atom is -0.471 e. The van der Waals surface area contributed by atoms with E-state index in [9.17, 15) is 4.79 Å². The van der Waals surface area contributed by atoms with Gasteiger partial charge >= 0.3 is 0 Å². The minimum atomic E-state index is -0.490. The first-order valence-corrected chi connectivity index (χ1v) is 9.98. The Hall–Kier alpha value is -2.99. The number of anilines is 1. The molecule has 1 atom stereocenters. The number of ether oxygens (including phenoxy) is 2. The second kappa shape index (κ2) is 8.57. The SMILES string of the molecule is NC(=O)c1cc(OC2=CCCC=C2)ccc1N1CC[C@H](Oc2ncccc2Cl)C1. The summed E-state index contributed by atoms with van der Waals surface area (Å²) in [5.41, 5.74) is 6.86. The van der Waals surface area contributed by atoms with Gasteiger partial charge in [0.05, 0.1) is 12.1 Å². The van der Waals surface area contributed by atoms with Crippen molar-refractivity contribution in [3.8, 4) is 11.6 Å². The lowest BCUT2D eigenvalue weighted by Gasteiger charge is -2.22. The summed E-state index contributed by atoms with van der Waals surface area (Å²) in [5, 5.41) is 0.483. The number of pyridine rings is 1. The molecule has 2 heterocycles. The van der Waals surface area contributed by atoms with Gasteiger partial charge in [0.2, 0.25) is 5.88 Å². The molecule has 1 aromatic heterocycles. The third-order valence-corrected chi connectivity index (χ3v) is 5.21. The largest absolute Gasteiger partial charge is 0.471 e. The van der Waals surface area contributed by atoms with Crippen molar-refractivity contribution >= 4 is 23.2 Å². The van der Waals surface area contributed by atoms with Gasteiger partial charge in [-0.25, -0.2) is 4.98 Å². The van der Waals surface area contributed by atoms with E-state index < -0.39 is 5.91 Å². The lowest BCUT2D eigenvalue weighted by molar-refractivity contribution is 0.100. The maximum Gasteiger partial charge on any atom is 0.250 e. The van der Waals surface area contributed by atoms with Crippen LogP contribution in [-0.4, -0.2) is 30.1 Å². The van der Waals surface area contributed by atoms with Gasteiger partial charge in [0.1, 0.15) is 22.6 Å². The van der Waals surface area contributed by atoms with Gasteiger partial charge in [0.15, 0.2) is 0 Å². The molecule has 0 bridgehead atoms. The molecule has 1 saturated heterocycles. The highest BCUT2D eigenvalue weighted by molar-refractivity contribution is 6.31. The second-order valence-corrected chi connectivity index (χ2v) is 7.40. The quantitative estimate of drug-likeness (QED) is 0.774. The number of benzene rings is 1. The smallest absolute Gasteiger partial charge is 0.250 e. The summed E-state index contributed by atoms with van der Waals surface area (Å²) in [6.07, 6.45) is 10.4. The van der Waals surface area contributed by atoms with E-state index in [-0.39, 0.29) is 6.10 Å². The van der Waals surface area contributed by atoms with Gasteiger partial charge in [-0.2, -0.15) is 0 Å². The third kappa shape index (κ3) is 4.54. The highest BCUT2D eigenvalue weighted by Gasteiger charge is 2.28. The fourth-order valence-electron chi connectivity index (χ4n) is 3.51. The van der Waals surface area contributed by atoms with E-state index in [1.807, 2.05) is 24.3 Å². The average molecular weight is 412 g/mol. The first kappa shape index (κ1) is 19.3. The zero-order chi connectivity index (χ0) is 20.2. The summed E-state index contributed by atoms with van der Waals surface area (Å²) in [6, 6.07) is 8.94. The van der Waals surface area contributed by atoms with Crippen LogP contribution in [0.3, 0.4) is 0 Å². The molecule has 0 radical (unpaired) electrons. The molecule has 2 N–H and O–H groups in total. The number of carbonyl (C=O) groups excluding carboxylic acids is 1. The Balaban J connectivity index is 1.49. The number of amides is 1. The molecule has 2 aromatic rings. The Bertz CT molecular complexity index is 974. The highest BCUT2D eigenvalue weighted by Crippen LogP contribution is 2.31. The molecule has 29 heavy (non-hydrogen) atoms. The van der Waals surface area contributed by atoms with Crippen molar-refractivity contribution in [2.45, 2.75) is 25.4 Å². The van der Waals surface area contributed by atoms with E-state index >= 15 is 0 Å². The molecule has 4 rings (SSSR count).